The third-order valence-corrected chi connectivity index (χ3v) is 2.81. The number of nitrogens with zero attached hydrogens (tertiary/aromatic N) is 1. The lowest BCUT2D eigenvalue weighted by molar-refractivity contribution is 0.0601. The summed E-state index contributed by atoms with van der Waals surface area (Å²) < 4.78 is 23.6. The van der Waals surface area contributed by atoms with Crippen LogP contribution in [0.3, 0.4) is 0 Å². The highest BCUT2D eigenvalue weighted by atomic mass is 19.1. The molecule has 1 aromatic carbocycles. The Morgan fingerprint density at radius 2 is 2.11 bits per heavy atom. The molecule has 0 saturated heterocycles. The normalized spacial score (nSPS) is 10.3. The lowest BCUT2D eigenvalue weighted by Gasteiger charge is -2.13. The fourth-order valence-electron chi connectivity index (χ4n) is 1.94. The van der Waals surface area contributed by atoms with Crippen molar-refractivity contribution >= 4 is 22.6 Å². The molecular weight excluding hydrogens is 251 g/mol. The maximum absolute atomic E-state index is 13.8. The van der Waals surface area contributed by atoms with E-state index >= 15 is 0 Å². The number of rotatable bonds is 3. The van der Waals surface area contributed by atoms with Crippen LogP contribution in [-0.2, 0) is 4.74 Å². The summed E-state index contributed by atoms with van der Waals surface area (Å²) >= 11 is 0. The number of benzene rings is 1. The minimum absolute atomic E-state index is 0.136. The van der Waals surface area contributed by atoms with Gasteiger partial charge in [0, 0.05) is 13.2 Å². The fraction of sp³-hybridized carbons (Fsp3) is 0.231. The minimum atomic E-state index is -0.551. The maximum Gasteiger partial charge on any atom is 0.341 e. The van der Waals surface area contributed by atoms with Gasteiger partial charge in [0.05, 0.1) is 25.3 Å². The molecule has 0 radical (unpaired) electrons. The van der Waals surface area contributed by atoms with Gasteiger partial charge >= 0.3 is 5.97 Å². The number of esters is 1. The number of hydrogen-bond acceptors (Lipinski definition) is 5. The van der Waals surface area contributed by atoms with Crippen molar-refractivity contribution in [1.29, 1.82) is 0 Å². The number of carbonyl (C=O) groups is 1. The molecule has 0 unspecified atom stereocenters. The highest BCUT2D eigenvalue weighted by Crippen LogP contribution is 2.35. The summed E-state index contributed by atoms with van der Waals surface area (Å²) in [6.07, 6.45) is 1.28. The van der Waals surface area contributed by atoms with Crippen LogP contribution in [0.5, 0.6) is 5.75 Å². The first-order chi connectivity index (χ1) is 9.13. The summed E-state index contributed by atoms with van der Waals surface area (Å²) in [6, 6.07) is 2.76. The van der Waals surface area contributed by atoms with E-state index in [2.05, 4.69) is 15.0 Å². The second kappa shape index (κ2) is 5.09. The molecule has 0 atom stereocenters. The zero-order valence-corrected chi connectivity index (χ0v) is 10.8. The van der Waals surface area contributed by atoms with Crippen molar-refractivity contribution in [2.75, 3.05) is 26.6 Å². The molecule has 19 heavy (non-hydrogen) atoms. The van der Waals surface area contributed by atoms with Crippen molar-refractivity contribution in [3.8, 4) is 5.75 Å². The van der Waals surface area contributed by atoms with E-state index in [1.165, 1.54) is 32.5 Å². The summed E-state index contributed by atoms with van der Waals surface area (Å²) in [5.74, 6) is -0.604. The molecule has 2 rings (SSSR count). The van der Waals surface area contributed by atoms with Crippen molar-refractivity contribution in [2.45, 2.75) is 0 Å². The average Bonchev–Trinajstić information content (AvgIpc) is 2.45. The van der Waals surface area contributed by atoms with Crippen LogP contribution in [0.25, 0.3) is 10.9 Å². The number of hydrogen-bond donors (Lipinski definition) is 1. The third kappa shape index (κ3) is 2.05. The number of aromatic nitrogens is 1. The highest BCUT2D eigenvalue weighted by molar-refractivity contribution is 6.07. The standard InChI is InChI=1S/C13H13FN2O3/c1-15-11-7(13(17)19-3)6-16-12-8(14)4-5-9(18-2)10(11)12/h4-6H,1-3H3,(H,15,16). The molecule has 0 fully saturated rings. The van der Waals surface area contributed by atoms with Gasteiger partial charge < -0.3 is 14.8 Å². The number of anilines is 1. The Morgan fingerprint density at radius 3 is 2.68 bits per heavy atom. The monoisotopic (exact) mass is 264 g/mol. The van der Waals surface area contributed by atoms with Crippen molar-refractivity contribution in [3.63, 3.8) is 0 Å². The quantitative estimate of drug-likeness (QED) is 0.861. The highest BCUT2D eigenvalue weighted by Gasteiger charge is 2.19. The Morgan fingerprint density at radius 1 is 1.37 bits per heavy atom. The second-order valence-electron chi connectivity index (χ2n) is 3.76. The van der Waals surface area contributed by atoms with E-state index in [0.29, 0.717) is 16.8 Å². The van der Waals surface area contributed by atoms with E-state index in [-0.39, 0.29) is 11.1 Å². The van der Waals surface area contributed by atoms with Crippen LogP contribution < -0.4 is 10.1 Å². The number of pyridine rings is 1. The summed E-state index contributed by atoms with van der Waals surface area (Å²) in [5, 5.41) is 3.28. The molecule has 1 aromatic heterocycles. The van der Waals surface area contributed by atoms with Gasteiger partial charge in [-0.25, -0.2) is 9.18 Å². The first kappa shape index (κ1) is 13.1. The van der Waals surface area contributed by atoms with Crippen LogP contribution in [0.15, 0.2) is 18.3 Å². The van der Waals surface area contributed by atoms with Gasteiger partial charge in [0.15, 0.2) is 0 Å². The Kier molecular flexibility index (Phi) is 3.50. The first-order valence-corrected chi connectivity index (χ1v) is 5.55. The predicted octanol–water partition coefficient (Wildman–Crippen LogP) is 2.21. The van der Waals surface area contributed by atoms with Gasteiger partial charge in [0.2, 0.25) is 0 Å². The van der Waals surface area contributed by atoms with Crippen LogP contribution in [-0.4, -0.2) is 32.2 Å². The number of ether oxygens (including phenoxy) is 2. The van der Waals surface area contributed by atoms with E-state index < -0.39 is 11.8 Å². The van der Waals surface area contributed by atoms with Crippen LogP contribution in [0.4, 0.5) is 10.1 Å². The number of nitrogens with one attached hydrogen (secondary N) is 1. The Labute approximate surface area is 109 Å². The molecule has 0 aliphatic rings. The summed E-state index contributed by atoms with van der Waals surface area (Å²) in [5.41, 5.74) is 0.783. The summed E-state index contributed by atoms with van der Waals surface area (Å²) in [7, 11) is 4.37. The van der Waals surface area contributed by atoms with Gasteiger partial charge in [0.1, 0.15) is 22.6 Å². The van der Waals surface area contributed by atoms with Crippen molar-refractivity contribution < 1.29 is 18.7 Å². The van der Waals surface area contributed by atoms with Crippen LogP contribution in [0.2, 0.25) is 0 Å². The third-order valence-electron chi connectivity index (χ3n) is 2.81. The van der Waals surface area contributed by atoms with Crippen molar-refractivity contribution in [2.24, 2.45) is 0 Å². The van der Waals surface area contributed by atoms with Gasteiger partial charge in [-0.2, -0.15) is 0 Å². The number of halogens is 1. The molecule has 6 heteroatoms. The molecule has 5 nitrogen and oxygen atoms in total. The minimum Gasteiger partial charge on any atom is -0.496 e. The van der Waals surface area contributed by atoms with Crippen LogP contribution >= 0.6 is 0 Å². The van der Waals surface area contributed by atoms with E-state index in [0.717, 1.165) is 0 Å². The first-order valence-electron chi connectivity index (χ1n) is 5.55. The molecule has 0 spiro atoms. The van der Waals surface area contributed by atoms with Gasteiger partial charge in [-0.1, -0.05) is 0 Å². The van der Waals surface area contributed by atoms with E-state index in [1.54, 1.807) is 7.05 Å². The lowest BCUT2D eigenvalue weighted by Crippen LogP contribution is -2.08. The average molecular weight is 264 g/mol. The lowest BCUT2D eigenvalue weighted by atomic mass is 10.1. The molecule has 0 aliphatic heterocycles. The molecule has 0 bridgehead atoms. The van der Waals surface area contributed by atoms with E-state index in [9.17, 15) is 9.18 Å². The number of methoxy groups -OCH3 is 2. The van der Waals surface area contributed by atoms with Crippen LogP contribution in [0, 0.1) is 5.82 Å². The largest absolute Gasteiger partial charge is 0.496 e. The summed E-state index contributed by atoms with van der Waals surface area (Å²) in [4.78, 5) is 15.7. The Bertz CT molecular complexity index is 643. The smallest absolute Gasteiger partial charge is 0.341 e. The molecule has 100 valence electrons. The molecule has 0 saturated carbocycles. The molecular formula is C13H13FN2O3. The molecule has 0 aliphatic carbocycles. The number of carbonyl (C=O) groups excluding carboxylic acids is 1. The van der Waals surface area contributed by atoms with Crippen molar-refractivity contribution in [3.05, 3.63) is 29.7 Å². The maximum atomic E-state index is 13.8. The zero-order chi connectivity index (χ0) is 14.0. The van der Waals surface area contributed by atoms with Crippen molar-refractivity contribution in [1.82, 2.24) is 4.98 Å². The SMILES string of the molecule is CNc1c(C(=O)OC)cnc2c(F)ccc(OC)c12. The fourth-order valence-corrected chi connectivity index (χ4v) is 1.94. The van der Waals surface area contributed by atoms with Gasteiger partial charge in [0.25, 0.3) is 0 Å². The molecule has 0 amide bonds. The Balaban J connectivity index is 2.88. The van der Waals surface area contributed by atoms with Crippen LogP contribution in [0.1, 0.15) is 10.4 Å². The van der Waals surface area contributed by atoms with E-state index in [1.807, 2.05) is 0 Å². The van der Waals surface area contributed by atoms with E-state index in [4.69, 9.17) is 4.74 Å². The van der Waals surface area contributed by atoms with Gasteiger partial charge in [-0.15, -0.1) is 0 Å². The number of fused-ring (bicyclic) bond motifs is 1. The summed E-state index contributed by atoms with van der Waals surface area (Å²) in [6.45, 7) is 0. The molecule has 2 aromatic rings. The topological polar surface area (TPSA) is 60.5 Å². The molecule has 1 N–H and O–H groups in total. The predicted molar refractivity (Wildman–Crippen MR) is 69.1 cm³/mol. The Hall–Kier alpha value is -2.37. The zero-order valence-electron chi connectivity index (χ0n) is 10.8. The van der Waals surface area contributed by atoms with Gasteiger partial charge in [-0.05, 0) is 12.1 Å². The molecule has 1 heterocycles. The van der Waals surface area contributed by atoms with Gasteiger partial charge in [-0.3, -0.25) is 4.98 Å². The second-order valence-corrected chi connectivity index (χ2v) is 3.76.